The lowest BCUT2D eigenvalue weighted by Gasteiger charge is -2.19. The molecule has 1 fully saturated rings. The standard InChI is InChI=1S/C25H32N2O3/c1-6-29-22-13-8-17(14-23(22)30-7-2)16-26-27-24(28)21-15-20(21)18-9-11-19(12-10-18)25(3,4)5/h8-14,16,20-21H,6-7,15H2,1-5H3,(H,27,28)/b26-16+/t20-,21+/m0/s1. The Morgan fingerprint density at radius 3 is 2.37 bits per heavy atom. The van der Waals surface area contributed by atoms with E-state index < -0.39 is 0 Å². The van der Waals surface area contributed by atoms with E-state index in [9.17, 15) is 4.79 Å². The van der Waals surface area contributed by atoms with Crippen LogP contribution in [0.15, 0.2) is 47.6 Å². The molecule has 2 aromatic carbocycles. The van der Waals surface area contributed by atoms with Gasteiger partial charge in [-0.2, -0.15) is 5.10 Å². The van der Waals surface area contributed by atoms with Gasteiger partial charge >= 0.3 is 0 Å². The minimum Gasteiger partial charge on any atom is -0.490 e. The van der Waals surface area contributed by atoms with Crippen LogP contribution in [0.3, 0.4) is 0 Å². The van der Waals surface area contributed by atoms with Crippen LogP contribution in [0.4, 0.5) is 0 Å². The Morgan fingerprint density at radius 1 is 1.07 bits per heavy atom. The molecule has 2 aromatic rings. The molecule has 1 aliphatic rings. The third-order valence-corrected chi connectivity index (χ3v) is 5.29. The van der Waals surface area contributed by atoms with Gasteiger partial charge in [0.2, 0.25) is 5.91 Å². The van der Waals surface area contributed by atoms with Crippen molar-refractivity contribution in [2.75, 3.05) is 13.2 Å². The van der Waals surface area contributed by atoms with Crippen LogP contribution in [0.2, 0.25) is 0 Å². The van der Waals surface area contributed by atoms with Crippen LogP contribution in [-0.4, -0.2) is 25.3 Å². The summed E-state index contributed by atoms with van der Waals surface area (Å²) in [5.41, 5.74) is 6.18. The van der Waals surface area contributed by atoms with Gasteiger partial charge in [0.15, 0.2) is 11.5 Å². The van der Waals surface area contributed by atoms with Crippen LogP contribution in [0, 0.1) is 5.92 Å². The van der Waals surface area contributed by atoms with E-state index in [4.69, 9.17) is 9.47 Å². The summed E-state index contributed by atoms with van der Waals surface area (Å²) in [7, 11) is 0. The summed E-state index contributed by atoms with van der Waals surface area (Å²) in [6.45, 7) is 11.6. The van der Waals surface area contributed by atoms with Gasteiger partial charge in [-0.3, -0.25) is 4.79 Å². The van der Waals surface area contributed by atoms with E-state index in [1.54, 1.807) is 6.21 Å². The number of amides is 1. The van der Waals surface area contributed by atoms with Crippen molar-refractivity contribution in [3.63, 3.8) is 0 Å². The fourth-order valence-electron chi connectivity index (χ4n) is 3.48. The normalized spacial score (nSPS) is 18.3. The average Bonchev–Trinajstić information content (AvgIpc) is 3.51. The quantitative estimate of drug-likeness (QED) is 0.492. The number of benzene rings is 2. The summed E-state index contributed by atoms with van der Waals surface area (Å²) in [5, 5.41) is 4.13. The van der Waals surface area contributed by atoms with Crippen LogP contribution in [0.5, 0.6) is 11.5 Å². The zero-order chi connectivity index (χ0) is 21.7. The molecule has 5 heteroatoms. The highest BCUT2D eigenvalue weighted by atomic mass is 16.5. The third-order valence-electron chi connectivity index (χ3n) is 5.29. The Bertz CT molecular complexity index is 898. The first-order valence-corrected chi connectivity index (χ1v) is 10.7. The molecule has 2 atom stereocenters. The number of hydrazone groups is 1. The second-order valence-corrected chi connectivity index (χ2v) is 8.63. The number of hydrogen-bond donors (Lipinski definition) is 1. The zero-order valence-corrected chi connectivity index (χ0v) is 18.6. The van der Waals surface area contributed by atoms with Gasteiger partial charge in [-0.15, -0.1) is 0 Å². The lowest BCUT2D eigenvalue weighted by Crippen LogP contribution is -2.20. The molecular formula is C25H32N2O3. The zero-order valence-electron chi connectivity index (χ0n) is 18.6. The number of hydrogen-bond acceptors (Lipinski definition) is 4. The molecule has 1 amide bonds. The van der Waals surface area contributed by atoms with E-state index in [1.165, 1.54) is 11.1 Å². The number of carbonyl (C=O) groups is 1. The van der Waals surface area contributed by atoms with E-state index in [2.05, 4.69) is 55.6 Å². The maximum atomic E-state index is 12.4. The van der Waals surface area contributed by atoms with Gasteiger partial charge in [0.05, 0.1) is 19.4 Å². The van der Waals surface area contributed by atoms with Gasteiger partial charge in [0.1, 0.15) is 0 Å². The highest BCUT2D eigenvalue weighted by Gasteiger charge is 2.44. The molecule has 0 aromatic heterocycles. The minimum atomic E-state index is -0.0351. The molecular weight excluding hydrogens is 376 g/mol. The highest BCUT2D eigenvalue weighted by molar-refractivity contribution is 5.86. The Kier molecular flexibility index (Phi) is 6.80. The number of carbonyl (C=O) groups excluding carboxylic acids is 1. The molecule has 1 N–H and O–H groups in total. The van der Waals surface area contributed by atoms with E-state index in [1.807, 2.05) is 32.0 Å². The van der Waals surface area contributed by atoms with Gasteiger partial charge in [0.25, 0.3) is 0 Å². The molecule has 30 heavy (non-hydrogen) atoms. The predicted molar refractivity (Wildman–Crippen MR) is 121 cm³/mol. The summed E-state index contributed by atoms with van der Waals surface area (Å²) in [5.74, 6) is 1.62. The molecule has 1 aliphatic carbocycles. The minimum absolute atomic E-state index is 0.0121. The highest BCUT2D eigenvalue weighted by Crippen LogP contribution is 2.47. The molecule has 0 heterocycles. The summed E-state index contributed by atoms with van der Waals surface area (Å²) in [6, 6.07) is 14.2. The molecule has 0 spiro atoms. The number of ether oxygens (including phenoxy) is 2. The van der Waals surface area contributed by atoms with Crippen molar-refractivity contribution >= 4 is 12.1 Å². The van der Waals surface area contributed by atoms with Crippen molar-refractivity contribution in [2.24, 2.45) is 11.0 Å². The van der Waals surface area contributed by atoms with Crippen molar-refractivity contribution in [1.82, 2.24) is 5.43 Å². The van der Waals surface area contributed by atoms with Gasteiger partial charge in [-0.05, 0) is 66.5 Å². The smallest absolute Gasteiger partial charge is 0.243 e. The fourth-order valence-corrected chi connectivity index (χ4v) is 3.48. The second-order valence-electron chi connectivity index (χ2n) is 8.63. The van der Waals surface area contributed by atoms with E-state index in [0.717, 1.165) is 12.0 Å². The van der Waals surface area contributed by atoms with Crippen molar-refractivity contribution in [3.8, 4) is 11.5 Å². The van der Waals surface area contributed by atoms with E-state index in [0.29, 0.717) is 24.7 Å². The first-order chi connectivity index (χ1) is 14.3. The van der Waals surface area contributed by atoms with Crippen molar-refractivity contribution in [1.29, 1.82) is 0 Å². The summed E-state index contributed by atoms with van der Waals surface area (Å²) < 4.78 is 11.2. The lowest BCUT2D eigenvalue weighted by atomic mass is 9.86. The van der Waals surface area contributed by atoms with E-state index >= 15 is 0 Å². The fraction of sp³-hybridized carbons (Fsp3) is 0.440. The SMILES string of the molecule is CCOc1ccc(/C=N/NC(=O)[C@@H]2C[C@H]2c2ccc(C(C)(C)C)cc2)cc1OCC. The molecule has 1 saturated carbocycles. The Labute approximate surface area is 179 Å². The molecule has 0 radical (unpaired) electrons. The molecule has 0 aliphatic heterocycles. The monoisotopic (exact) mass is 408 g/mol. The van der Waals surface area contributed by atoms with Crippen LogP contribution in [0.25, 0.3) is 0 Å². The van der Waals surface area contributed by atoms with Crippen LogP contribution in [0.1, 0.15) is 63.6 Å². The van der Waals surface area contributed by atoms with Crippen molar-refractivity contribution in [3.05, 3.63) is 59.2 Å². The maximum absolute atomic E-state index is 12.4. The summed E-state index contributed by atoms with van der Waals surface area (Å²) >= 11 is 0. The number of nitrogens with zero attached hydrogens (tertiary/aromatic N) is 1. The maximum Gasteiger partial charge on any atom is 0.243 e. The predicted octanol–water partition coefficient (Wildman–Crippen LogP) is 5.04. The summed E-state index contributed by atoms with van der Waals surface area (Å²) in [6.07, 6.45) is 2.50. The second kappa shape index (κ2) is 9.33. The van der Waals surface area contributed by atoms with Crippen LogP contribution in [-0.2, 0) is 10.2 Å². The van der Waals surface area contributed by atoms with Gasteiger partial charge < -0.3 is 9.47 Å². The molecule has 0 unspecified atom stereocenters. The van der Waals surface area contributed by atoms with E-state index in [-0.39, 0.29) is 23.2 Å². The third kappa shape index (κ3) is 5.41. The van der Waals surface area contributed by atoms with Crippen molar-refractivity contribution in [2.45, 2.75) is 52.4 Å². The molecule has 0 bridgehead atoms. The molecule has 5 nitrogen and oxygen atoms in total. The molecule has 160 valence electrons. The van der Waals surface area contributed by atoms with Crippen molar-refractivity contribution < 1.29 is 14.3 Å². The van der Waals surface area contributed by atoms with Crippen LogP contribution < -0.4 is 14.9 Å². The van der Waals surface area contributed by atoms with Crippen LogP contribution >= 0.6 is 0 Å². The Hall–Kier alpha value is -2.82. The topological polar surface area (TPSA) is 59.9 Å². The van der Waals surface area contributed by atoms with Gasteiger partial charge in [-0.25, -0.2) is 5.43 Å². The first-order valence-electron chi connectivity index (χ1n) is 10.7. The van der Waals surface area contributed by atoms with Gasteiger partial charge in [0, 0.05) is 5.92 Å². The molecule has 3 rings (SSSR count). The molecule has 0 saturated heterocycles. The Morgan fingerprint density at radius 2 is 1.73 bits per heavy atom. The Balaban J connectivity index is 1.56. The largest absolute Gasteiger partial charge is 0.490 e. The number of rotatable bonds is 8. The first kappa shape index (κ1) is 21.9. The average molecular weight is 409 g/mol. The summed E-state index contributed by atoms with van der Waals surface area (Å²) in [4.78, 5) is 12.4. The lowest BCUT2D eigenvalue weighted by molar-refractivity contribution is -0.122. The van der Waals surface area contributed by atoms with Gasteiger partial charge in [-0.1, -0.05) is 45.0 Å². The number of nitrogens with one attached hydrogen (secondary N) is 1.